The normalized spacial score (nSPS) is 10.0. The average Bonchev–Trinajstić information content (AvgIpc) is 1.93. The molecule has 0 radical (unpaired) electrons. The number of halogens is 3. The smallest absolute Gasteiger partial charge is 0.127 e. The van der Waals surface area contributed by atoms with E-state index in [-0.39, 0.29) is 5.82 Å². The van der Waals surface area contributed by atoms with E-state index in [2.05, 4.69) is 0 Å². The summed E-state index contributed by atoms with van der Waals surface area (Å²) in [6.45, 7) is 1.59. The van der Waals surface area contributed by atoms with Crippen LogP contribution in [-0.4, -0.2) is 0 Å². The van der Waals surface area contributed by atoms with Crippen molar-refractivity contribution in [3.63, 3.8) is 0 Å². The highest BCUT2D eigenvalue weighted by Gasteiger charge is 2.04. The van der Waals surface area contributed by atoms with Crippen LogP contribution in [0, 0.1) is 12.7 Å². The summed E-state index contributed by atoms with van der Waals surface area (Å²) < 4.78 is 12.6. The summed E-state index contributed by atoms with van der Waals surface area (Å²) in [7, 11) is 0. The zero-order valence-corrected chi connectivity index (χ0v) is 6.80. The van der Waals surface area contributed by atoms with Crippen molar-refractivity contribution in [3.05, 3.63) is 33.6 Å². The Hall–Kier alpha value is -0.270. The van der Waals surface area contributed by atoms with Crippen LogP contribution in [0.4, 0.5) is 4.39 Å². The molecule has 0 aliphatic rings. The second kappa shape index (κ2) is 2.77. The van der Waals surface area contributed by atoms with Crippen LogP contribution in [0.5, 0.6) is 0 Å². The molecule has 0 heterocycles. The Morgan fingerprint density at radius 1 is 1.30 bits per heavy atom. The molecule has 0 aliphatic carbocycles. The number of hydrogen-bond acceptors (Lipinski definition) is 0. The molecule has 3 heteroatoms. The molecule has 0 unspecified atom stereocenters. The summed E-state index contributed by atoms with van der Waals surface area (Å²) in [6, 6.07) is 2.73. The van der Waals surface area contributed by atoms with Crippen molar-refractivity contribution in [2.24, 2.45) is 0 Å². The lowest BCUT2D eigenvalue weighted by Gasteiger charge is -1.99. The van der Waals surface area contributed by atoms with Gasteiger partial charge in [0.25, 0.3) is 0 Å². The van der Waals surface area contributed by atoms with E-state index in [0.29, 0.717) is 15.6 Å². The van der Waals surface area contributed by atoms with Gasteiger partial charge in [0, 0.05) is 5.56 Å². The second-order valence-corrected chi connectivity index (χ2v) is 2.75. The van der Waals surface area contributed by atoms with Gasteiger partial charge < -0.3 is 0 Å². The van der Waals surface area contributed by atoms with E-state index < -0.39 is 0 Å². The highest BCUT2D eigenvalue weighted by molar-refractivity contribution is 6.42. The number of benzene rings is 1. The molecule has 0 amide bonds. The van der Waals surface area contributed by atoms with Gasteiger partial charge in [0.1, 0.15) is 5.82 Å². The van der Waals surface area contributed by atoms with Crippen LogP contribution in [0.25, 0.3) is 0 Å². The van der Waals surface area contributed by atoms with Gasteiger partial charge in [0.05, 0.1) is 10.0 Å². The van der Waals surface area contributed by atoms with Gasteiger partial charge >= 0.3 is 0 Å². The zero-order chi connectivity index (χ0) is 7.72. The van der Waals surface area contributed by atoms with Gasteiger partial charge in [-0.3, -0.25) is 0 Å². The Kier molecular flexibility index (Phi) is 2.17. The minimum Gasteiger partial charge on any atom is -0.207 e. The summed E-state index contributed by atoms with van der Waals surface area (Å²) in [4.78, 5) is 0. The van der Waals surface area contributed by atoms with E-state index in [1.807, 2.05) is 0 Å². The summed E-state index contributed by atoms with van der Waals surface area (Å²) in [5.74, 6) is -0.325. The molecule has 0 fully saturated rings. The van der Waals surface area contributed by atoms with Crippen LogP contribution in [-0.2, 0) is 0 Å². The summed E-state index contributed by atoms with van der Waals surface area (Å²) in [6.07, 6.45) is 0. The minimum absolute atomic E-state index is 0.293. The second-order valence-electron chi connectivity index (χ2n) is 1.97. The van der Waals surface area contributed by atoms with Crippen molar-refractivity contribution < 1.29 is 4.39 Å². The third kappa shape index (κ3) is 1.25. The molecule has 0 nitrogen and oxygen atoms in total. The first kappa shape index (κ1) is 7.83. The lowest BCUT2D eigenvalue weighted by atomic mass is 10.2. The average molecular weight is 179 g/mol. The molecule has 0 spiro atoms. The first-order valence-corrected chi connectivity index (χ1v) is 3.48. The Balaban J connectivity index is 3.34. The summed E-state index contributed by atoms with van der Waals surface area (Å²) in [5.41, 5.74) is 0.397. The molecule has 0 bridgehead atoms. The molecule has 0 aromatic heterocycles. The summed E-state index contributed by atoms with van der Waals surface area (Å²) >= 11 is 11.2. The lowest BCUT2D eigenvalue weighted by Crippen LogP contribution is -1.82. The van der Waals surface area contributed by atoms with Gasteiger partial charge in [-0.2, -0.15) is 0 Å². The van der Waals surface area contributed by atoms with Crippen molar-refractivity contribution >= 4 is 23.2 Å². The van der Waals surface area contributed by atoms with Crippen molar-refractivity contribution in [1.29, 1.82) is 0 Å². The van der Waals surface area contributed by atoms with Gasteiger partial charge in [0.15, 0.2) is 0 Å². The van der Waals surface area contributed by atoms with Crippen LogP contribution >= 0.6 is 23.2 Å². The minimum atomic E-state index is -0.325. The molecule has 0 atom stereocenters. The molecule has 1 rings (SSSR count). The molecular weight excluding hydrogens is 174 g/mol. The fourth-order valence-electron chi connectivity index (χ4n) is 0.628. The van der Waals surface area contributed by atoms with Gasteiger partial charge in [-0.1, -0.05) is 23.2 Å². The molecule has 10 heavy (non-hydrogen) atoms. The monoisotopic (exact) mass is 178 g/mol. The molecule has 54 valence electrons. The molecule has 0 saturated carbocycles. The van der Waals surface area contributed by atoms with E-state index in [1.165, 1.54) is 12.1 Å². The third-order valence-corrected chi connectivity index (χ3v) is 2.17. The predicted octanol–water partition coefficient (Wildman–Crippen LogP) is 3.44. The Morgan fingerprint density at radius 3 is 2.40 bits per heavy atom. The number of rotatable bonds is 0. The van der Waals surface area contributed by atoms with Crippen LogP contribution in [0.15, 0.2) is 12.1 Å². The SMILES string of the molecule is Cc1c(F)ccc(Cl)c1Cl. The largest absolute Gasteiger partial charge is 0.207 e. The van der Waals surface area contributed by atoms with Crippen LogP contribution in [0.3, 0.4) is 0 Å². The highest BCUT2D eigenvalue weighted by Crippen LogP contribution is 2.26. The quantitative estimate of drug-likeness (QED) is 0.535. The van der Waals surface area contributed by atoms with Crippen LogP contribution < -0.4 is 0 Å². The Bertz CT molecular complexity index is 231. The summed E-state index contributed by atoms with van der Waals surface area (Å²) in [5, 5.41) is 0.683. The van der Waals surface area contributed by atoms with E-state index in [0.717, 1.165) is 0 Å². The maximum absolute atomic E-state index is 12.6. The van der Waals surface area contributed by atoms with E-state index >= 15 is 0 Å². The molecule has 0 aliphatic heterocycles. The lowest BCUT2D eigenvalue weighted by molar-refractivity contribution is 0.618. The fraction of sp³-hybridized carbons (Fsp3) is 0.143. The molecule has 1 aromatic rings. The van der Waals surface area contributed by atoms with Gasteiger partial charge in [-0.15, -0.1) is 0 Å². The van der Waals surface area contributed by atoms with Crippen LogP contribution in [0.1, 0.15) is 5.56 Å². The maximum atomic E-state index is 12.6. The maximum Gasteiger partial charge on any atom is 0.127 e. The standard InChI is InChI=1S/C7H5Cl2F/c1-4-6(10)3-2-5(8)7(4)9/h2-3H,1H3. The Morgan fingerprint density at radius 2 is 1.90 bits per heavy atom. The van der Waals surface area contributed by atoms with E-state index in [4.69, 9.17) is 23.2 Å². The van der Waals surface area contributed by atoms with Gasteiger partial charge in [0.2, 0.25) is 0 Å². The topological polar surface area (TPSA) is 0 Å². The highest BCUT2D eigenvalue weighted by atomic mass is 35.5. The molecule has 1 aromatic carbocycles. The van der Waals surface area contributed by atoms with Crippen molar-refractivity contribution in [2.75, 3.05) is 0 Å². The molecule has 0 saturated heterocycles. The van der Waals surface area contributed by atoms with Crippen molar-refractivity contribution in [1.82, 2.24) is 0 Å². The predicted molar refractivity (Wildman–Crippen MR) is 41.2 cm³/mol. The van der Waals surface area contributed by atoms with Gasteiger partial charge in [-0.25, -0.2) is 4.39 Å². The van der Waals surface area contributed by atoms with Gasteiger partial charge in [-0.05, 0) is 19.1 Å². The van der Waals surface area contributed by atoms with Crippen molar-refractivity contribution in [2.45, 2.75) is 6.92 Å². The van der Waals surface area contributed by atoms with Crippen molar-refractivity contribution in [3.8, 4) is 0 Å². The van der Waals surface area contributed by atoms with E-state index in [1.54, 1.807) is 6.92 Å². The Labute approximate surface area is 68.6 Å². The fourth-order valence-corrected chi connectivity index (χ4v) is 0.986. The van der Waals surface area contributed by atoms with E-state index in [9.17, 15) is 4.39 Å². The number of hydrogen-bond donors (Lipinski definition) is 0. The third-order valence-electron chi connectivity index (χ3n) is 1.27. The first-order chi connectivity index (χ1) is 4.63. The molecular formula is C7H5Cl2F. The zero-order valence-electron chi connectivity index (χ0n) is 5.29. The first-order valence-electron chi connectivity index (χ1n) is 2.73. The molecule has 0 N–H and O–H groups in total. The van der Waals surface area contributed by atoms with Crippen LogP contribution in [0.2, 0.25) is 10.0 Å².